The third-order valence-electron chi connectivity index (χ3n) is 6.19. The summed E-state index contributed by atoms with van der Waals surface area (Å²) in [5.41, 5.74) is 1.31. The van der Waals surface area contributed by atoms with Gasteiger partial charge in [0.05, 0.1) is 19.8 Å². The molecule has 178 valence electrons. The fraction of sp³-hybridized carbons (Fsp3) is 0.222. The molecule has 0 bridgehead atoms. The van der Waals surface area contributed by atoms with Crippen LogP contribution in [0, 0.1) is 0 Å². The van der Waals surface area contributed by atoms with Crippen molar-refractivity contribution in [1.82, 2.24) is 10.2 Å². The van der Waals surface area contributed by atoms with Crippen molar-refractivity contribution in [3.05, 3.63) is 89.5 Å². The third-order valence-corrected chi connectivity index (χ3v) is 6.19. The van der Waals surface area contributed by atoms with E-state index in [1.165, 1.54) is 4.90 Å². The van der Waals surface area contributed by atoms with E-state index in [1.807, 2.05) is 30.3 Å². The molecular weight excluding hydrogens is 446 g/mol. The molecule has 2 heterocycles. The number of rotatable bonds is 5. The number of carbonyl (C=O) groups is 3. The van der Waals surface area contributed by atoms with Crippen LogP contribution >= 0.6 is 0 Å². The maximum atomic E-state index is 13.4. The van der Waals surface area contributed by atoms with Crippen molar-refractivity contribution in [2.45, 2.75) is 25.4 Å². The Labute approximate surface area is 202 Å². The van der Waals surface area contributed by atoms with Gasteiger partial charge >= 0.3 is 6.03 Å². The topological polar surface area (TPSA) is 97.0 Å². The molecule has 4 amide bonds. The van der Waals surface area contributed by atoms with Crippen LogP contribution in [0.25, 0.3) is 0 Å². The van der Waals surface area contributed by atoms with Crippen molar-refractivity contribution in [2.24, 2.45) is 0 Å². The van der Waals surface area contributed by atoms with Gasteiger partial charge in [0.25, 0.3) is 11.8 Å². The van der Waals surface area contributed by atoms with Crippen molar-refractivity contribution in [1.29, 1.82) is 0 Å². The Morgan fingerprint density at radius 2 is 1.69 bits per heavy atom. The number of hydrogen-bond donors (Lipinski definition) is 2. The van der Waals surface area contributed by atoms with Gasteiger partial charge in [-0.05, 0) is 54.4 Å². The zero-order valence-corrected chi connectivity index (χ0v) is 19.2. The molecule has 0 saturated carbocycles. The lowest BCUT2D eigenvalue weighted by Gasteiger charge is -2.23. The molecule has 0 radical (unpaired) electrons. The number of amides is 4. The first-order chi connectivity index (χ1) is 16.9. The van der Waals surface area contributed by atoms with E-state index < -0.39 is 11.6 Å². The highest BCUT2D eigenvalue weighted by Crippen LogP contribution is 2.37. The van der Waals surface area contributed by atoms with E-state index in [9.17, 15) is 14.4 Å². The monoisotopic (exact) mass is 471 g/mol. The molecule has 1 fully saturated rings. The Hall–Kier alpha value is -4.33. The first-order valence-electron chi connectivity index (χ1n) is 11.4. The van der Waals surface area contributed by atoms with Crippen LogP contribution in [-0.2, 0) is 16.9 Å². The van der Waals surface area contributed by atoms with Crippen LogP contribution in [0.4, 0.5) is 10.5 Å². The highest BCUT2D eigenvalue weighted by atomic mass is 16.5. The number of imide groups is 1. The van der Waals surface area contributed by atoms with Gasteiger partial charge in [-0.15, -0.1) is 0 Å². The first kappa shape index (κ1) is 22.5. The van der Waals surface area contributed by atoms with Crippen LogP contribution in [0.2, 0.25) is 0 Å². The molecular formula is C27H25N3O5. The number of benzene rings is 3. The van der Waals surface area contributed by atoms with Crippen LogP contribution in [-0.4, -0.2) is 36.0 Å². The molecule has 2 aliphatic heterocycles. The number of anilines is 1. The molecule has 5 rings (SSSR count). The minimum atomic E-state index is -1.22. The molecule has 8 heteroatoms. The number of nitrogens with one attached hydrogen (secondary N) is 2. The van der Waals surface area contributed by atoms with Gasteiger partial charge in [-0.3, -0.25) is 14.5 Å². The highest BCUT2D eigenvalue weighted by Gasteiger charge is 2.49. The summed E-state index contributed by atoms with van der Waals surface area (Å²) >= 11 is 0. The molecule has 1 saturated heterocycles. The molecule has 2 aliphatic rings. The van der Waals surface area contributed by atoms with Gasteiger partial charge < -0.3 is 20.1 Å². The Balaban J connectivity index is 1.30. The molecule has 0 unspecified atom stereocenters. The van der Waals surface area contributed by atoms with E-state index in [2.05, 4.69) is 10.6 Å². The Morgan fingerprint density at radius 3 is 2.43 bits per heavy atom. The smallest absolute Gasteiger partial charge is 0.325 e. The second-order valence-corrected chi connectivity index (χ2v) is 8.68. The quantitative estimate of drug-likeness (QED) is 0.547. The molecule has 3 aromatic rings. The highest BCUT2D eigenvalue weighted by molar-refractivity contribution is 6.07. The lowest BCUT2D eigenvalue weighted by Crippen LogP contribution is -2.40. The zero-order chi connectivity index (χ0) is 24.4. The van der Waals surface area contributed by atoms with Gasteiger partial charge in [-0.25, -0.2) is 4.79 Å². The average molecular weight is 472 g/mol. The van der Waals surface area contributed by atoms with E-state index in [-0.39, 0.29) is 18.4 Å². The summed E-state index contributed by atoms with van der Waals surface area (Å²) in [6.07, 6.45) is 0.775. The lowest BCUT2D eigenvalue weighted by atomic mass is 9.91. The predicted molar refractivity (Wildman–Crippen MR) is 129 cm³/mol. The van der Waals surface area contributed by atoms with Gasteiger partial charge in [-0.2, -0.15) is 0 Å². The summed E-state index contributed by atoms with van der Waals surface area (Å²) in [4.78, 5) is 39.8. The summed E-state index contributed by atoms with van der Waals surface area (Å²) in [6.45, 7) is 2.87. The number of para-hydroxylation sites is 1. The SMILES string of the molecule is C[C@@]1(c2ccc3c(c2)OCCCO3)NC(=O)N(Cc2ccc(C(=O)Nc3ccccc3)cc2)C1=O. The Morgan fingerprint density at radius 1 is 0.971 bits per heavy atom. The Kier molecular flexibility index (Phi) is 5.86. The summed E-state index contributed by atoms with van der Waals surface area (Å²) < 4.78 is 11.4. The molecule has 2 N–H and O–H groups in total. The molecule has 0 aromatic heterocycles. The van der Waals surface area contributed by atoms with Crippen molar-refractivity contribution in [2.75, 3.05) is 18.5 Å². The fourth-order valence-corrected chi connectivity index (χ4v) is 4.18. The minimum Gasteiger partial charge on any atom is -0.490 e. The van der Waals surface area contributed by atoms with Gasteiger partial charge in [0.2, 0.25) is 0 Å². The lowest BCUT2D eigenvalue weighted by molar-refractivity contribution is -0.131. The molecule has 0 aliphatic carbocycles. The zero-order valence-electron chi connectivity index (χ0n) is 19.2. The number of urea groups is 1. The summed E-state index contributed by atoms with van der Waals surface area (Å²) in [7, 11) is 0. The molecule has 1 atom stereocenters. The second kappa shape index (κ2) is 9.13. The van der Waals surface area contributed by atoms with Crippen molar-refractivity contribution >= 4 is 23.5 Å². The van der Waals surface area contributed by atoms with E-state index in [4.69, 9.17) is 9.47 Å². The van der Waals surface area contributed by atoms with Crippen LogP contribution in [0.1, 0.15) is 34.8 Å². The van der Waals surface area contributed by atoms with Gasteiger partial charge in [0, 0.05) is 17.7 Å². The maximum Gasteiger partial charge on any atom is 0.325 e. The van der Waals surface area contributed by atoms with Crippen LogP contribution < -0.4 is 20.1 Å². The minimum absolute atomic E-state index is 0.0887. The van der Waals surface area contributed by atoms with Gasteiger partial charge in [-0.1, -0.05) is 36.4 Å². The third kappa shape index (κ3) is 4.42. The Bertz CT molecular complexity index is 1280. The molecule has 3 aromatic carbocycles. The number of nitrogens with zero attached hydrogens (tertiary/aromatic N) is 1. The molecule has 8 nitrogen and oxygen atoms in total. The van der Waals surface area contributed by atoms with Gasteiger partial charge in [0.1, 0.15) is 5.54 Å². The molecule has 35 heavy (non-hydrogen) atoms. The van der Waals surface area contributed by atoms with Crippen molar-refractivity contribution in [3.63, 3.8) is 0 Å². The van der Waals surface area contributed by atoms with Crippen LogP contribution in [0.5, 0.6) is 11.5 Å². The standard InChI is InChI=1S/C27H25N3O5/c1-27(20-12-13-22-23(16-20)35-15-5-14-34-22)25(32)30(26(33)29-27)17-18-8-10-19(11-9-18)24(31)28-21-6-3-2-4-7-21/h2-4,6-13,16H,5,14-15,17H2,1H3,(H,28,31)(H,29,33)/t27-/m0/s1. The average Bonchev–Trinajstić information content (AvgIpc) is 3.02. The molecule has 0 spiro atoms. The number of fused-ring (bicyclic) bond motifs is 1. The summed E-state index contributed by atoms with van der Waals surface area (Å²) in [5, 5.41) is 5.66. The largest absolute Gasteiger partial charge is 0.490 e. The number of ether oxygens (including phenoxy) is 2. The van der Waals surface area contributed by atoms with E-state index in [1.54, 1.807) is 49.4 Å². The summed E-state index contributed by atoms with van der Waals surface area (Å²) in [5.74, 6) is 0.591. The fourth-order valence-electron chi connectivity index (χ4n) is 4.18. The van der Waals surface area contributed by atoms with Gasteiger partial charge in [0.15, 0.2) is 11.5 Å². The normalized spacial score (nSPS) is 19.2. The predicted octanol–water partition coefficient (Wildman–Crippen LogP) is 4.07. The van der Waals surface area contributed by atoms with Crippen LogP contribution in [0.3, 0.4) is 0 Å². The number of carbonyl (C=O) groups excluding carboxylic acids is 3. The van der Waals surface area contributed by atoms with E-state index in [0.717, 1.165) is 12.0 Å². The second-order valence-electron chi connectivity index (χ2n) is 8.68. The van der Waals surface area contributed by atoms with E-state index in [0.29, 0.717) is 41.5 Å². The van der Waals surface area contributed by atoms with E-state index >= 15 is 0 Å². The van der Waals surface area contributed by atoms with Crippen LogP contribution in [0.15, 0.2) is 72.8 Å². The summed E-state index contributed by atoms with van der Waals surface area (Å²) in [6, 6.07) is 20.8. The maximum absolute atomic E-state index is 13.4. The number of hydrogen-bond acceptors (Lipinski definition) is 5. The first-order valence-corrected chi connectivity index (χ1v) is 11.4. The van der Waals surface area contributed by atoms with Crippen molar-refractivity contribution in [3.8, 4) is 11.5 Å². The van der Waals surface area contributed by atoms with Crippen molar-refractivity contribution < 1.29 is 23.9 Å².